The maximum Gasteiger partial charge on any atom is 0.124 e. The van der Waals surface area contributed by atoms with Crippen molar-refractivity contribution in [2.45, 2.75) is 0 Å². The number of phenolic OH excluding ortho intramolecular Hbond substituents is 2. The van der Waals surface area contributed by atoms with Gasteiger partial charge < -0.3 is 10.2 Å². The quantitative estimate of drug-likeness (QED) is 0.656. The number of rotatable bonds is 2. The van der Waals surface area contributed by atoms with E-state index < -0.39 is 0 Å². The van der Waals surface area contributed by atoms with Crippen LogP contribution in [0.15, 0.2) is 54.6 Å². The molecule has 0 aliphatic carbocycles. The van der Waals surface area contributed by atoms with E-state index in [2.05, 4.69) is 10.2 Å². The standard InChI is InChI=1S/C15H12N2O2/c18-11-7-5-10(6-8-11)13-9-14(17-16-13)12-3-1-2-4-15(12)19/h1-9,18-19H,(H,16,17). The van der Waals surface area contributed by atoms with Gasteiger partial charge in [0.05, 0.1) is 11.4 Å². The van der Waals surface area contributed by atoms with Gasteiger partial charge in [0.2, 0.25) is 0 Å². The molecule has 2 aromatic carbocycles. The summed E-state index contributed by atoms with van der Waals surface area (Å²) in [6.45, 7) is 0. The average molecular weight is 252 g/mol. The van der Waals surface area contributed by atoms with E-state index in [4.69, 9.17) is 0 Å². The maximum atomic E-state index is 9.80. The van der Waals surface area contributed by atoms with E-state index in [0.29, 0.717) is 5.56 Å². The number of benzene rings is 2. The van der Waals surface area contributed by atoms with Gasteiger partial charge in [0.1, 0.15) is 11.5 Å². The highest BCUT2D eigenvalue weighted by Gasteiger charge is 2.08. The Kier molecular flexibility index (Phi) is 2.68. The first-order valence-electron chi connectivity index (χ1n) is 5.87. The molecule has 0 amide bonds. The third-order valence-electron chi connectivity index (χ3n) is 2.94. The predicted molar refractivity (Wildman–Crippen MR) is 72.8 cm³/mol. The fourth-order valence-corrected chi connectivity index (χ4v) is 1.94. The van der Waals surface area contributed by atoms with Crippen LogP contribution in [-0.4, -0.2) is 20.4 Å². The van der Waals surface area contributed by atoms with Gasteiger partial charge in [0, 0.05) is 11.1 Å². The van der Waals surface area contributed by atoms with Gasteiger partial charge in [-0.2, -0.15) is 5.10 Å². The van der Waals surface area contributed by atoms with Gasteiger partial charge in [-0.3, -0.25) is 5.10 Å². The van der Waals surface area contributed by atoms with E-state index in [0.717, 1.165) is 17.0 Å². The van der Waals surface area contributed by atoms with Crippen LogP contribution in [0.1, 0.15) is 0 Å². The molecule has 1 aromatic heterocycles. The van der Waals surface area contributed by atoms with Gasteiger partial charge in [-0.1, -0.05) is 12.1 Å². The zero-order valence-corrected chi connectivity index (χ0v) is 10.0. The van der Waals surface area contributed by atoms with Crippen LogP contribution in [0, 0.1) is 0 Å². The van der Waals surface area contributed by atoms with Gasteiger partial charge in [0.15, 0.2) is 0 Å². The molecule has 1 heterocycles. The van der Waals surface area contributed by atoms with Crippen molar-refractivity contribution < 1.29 is 10.2 Å². The van der Waals surface area contributed by atoms with Crippen molar-refractivity contribution in [1.82, 2.24) is 10.2 Å². The topological polar surface area (TPSA) is 69.1 Å². The molecule has 3 rings (SSSR count). The van der Waals surface area contributed by atoms with E-state index in [-0.39, 0.29) is 11.5 Å². The molecule has 0 radical (unpaired) electrons. The molecule has 0 spiro atoms. The maximum absolute atomic E-state index is 9.80. The molecule has 0 atom stereocenters. The zero-order chi connectivity index (χ0) is 13.2. The molecule has 4 nitrogen and oxygen atoms in total. The molecule has 0 saturated heterocycles. The number of H-pyrrole nitrogens is 1. The smallest absolute Gasteiger partial charge is 0.124 e. The molecule has 3 aromatic rings. The normalized spacial score (nSPS) is 10.5. The Balaban J connectivity index is 2.00. The molecular formula is C15H12N2O2. The van der Waals surface area contributed by atoms with E-state index >= 15 is 0 Å². The van der Waals surface area contributed by atoms with Gasteiger partial charge in [-0.05, 0) is 42.5 Å². The molecule has 0 fully saturated rings. The van der Waals surface area contributed by atoms with Crippen LogP contribution in [-0.2, 0) is 0 Å². The highest BCUT2D eigenvalue weighted by molar-refractivity contribution is 5.72. The molecule has 0 aliphatic rings. The third-order valence-corrected chi connectivity index (χ3v) is 2.94. The van der Waals surface area contributed by atoms with Crippen LogP contribution >= 0.6 is 0 Å². The summed E-state index contributed by atoms with van der Waals surface area (Å²) in [5, 5.41) is 26.2. The van der Waals surface area contributed by atoms with E-state index in [1.165, 1.54) is 0 Å². The second-order valence-electron chi connectivity index (χ2n) is 4.23. The number of para-hydroxylation sites is 1. The van der Waals surface area contributed by atoms with Crippen LogP contribution in [0.4, 0.5) is 0 Å². The summed E-state index contributed by atoms with van der Waals surface area (Å²) in [4.78, 5) is 0. The Labute approximate surface area is 110 Å². The molecule has 0 aliphatic heterocycles. The molecule has 4 heteroatoms. The minimum absolute atomic E-state index is 0.211. The SMILES string of the molecule is Oc1ccc(-c2cc(-c3ccccc3O)[nH]n2)cc1. The number of hydrogen-bond acceptors (Lipinski definition) is 3. The Hall–Kier alpha value is -2.75. The lowest BCUT2D eigenvalue weighted by Gasteiger charge is -1.99. The lowest BCUT2D eigenvalue weighted by molar-refractivity contribution is 0.475. The second kappa shape index (κ2) is 4.49. The minimum atomic E-state index is 0.211. The van der Waals surface area contributed by atoms with E-state index in [1.807, 2.05) is 18.2 Å². The number of phenols is 2. The van der Waals surface area contributed by atoms with Crippen LogP contribution < -0.4 is 0 Å². The first-order chi connectivity index (χ1) is 9.24. The highest BCUT2D eigenvalue weighted by atomic mass is 16.3. The van der Waals surface area contributed by atoms with Crippen LogP contribution in [0.3, 0.4) is 0 Å². The van der Waals surface area contributed by atoms with Crippen molar-refractivity contribution >= 4 is 0 Å². The molecule has 3 N–H and O–H groups in total. The van der Waals surface area contributed by atoms with Crippen molar-refractivity contribution in [3.05, 3.63) is 54.6 Å². The summed E-state index contributed by atoms with van der Waals surface area (Å²) in [6.07, 6.45) is 0. The molecular weight excluding hydrogens is 240 g/mol. The van der Waals surface area contributed by atoms with Crippen molar-refractivity contribution in [3.63, 3.8) is 0 Å². The van der Waals surface area contributed by atoms with Gasteiger partial charge >= 0.3 is 0 Å². The molecule has 0 bridgehead atoms. The van der Waals surface area contributed by atoms with Gasteiger partial charge in [-0.25, -0.2) is 0 Å². The summed E-state index contributed by atoms with van der Waals surface area (Å²) >= 11 is 0. The summed E-state index contributed by atoms with van der Waals surface area (Å²) in [7, 11) is 0. The third kappa shape index (κ3) is 2.15. The number of hydrogen-bond donors (Lipinski definition) is 3. The summed E-state index contributed by atoms with van der Waals surface area (Å²) in [6, 6.07) is 15.8. The highest BCUT2D eigenvalue weighted by Crippen LogP contribution is 2.30. The predicted octanol–water partition coefficient (Wildman–Crippen LogP) is 3.15. The van der Waals surface area contributed by atoms with E-state index in [9.17, 15) is 10.2 Å². The average Bonchev–Trinajstić information content (AvgIpc) is 2.89. The molecule has 94 valence electrons. The number of nitrogens with zero attached hydrogens (tertiary/aromatic N) is 1. The van der Waals surface area contributed by atoms with Crippen molar-refractivity contribution in [1.29, 1.82) is 0 Å². The minimum Gasteiger partial charge on any atom is -0.508 e. The molecule has 0 saturated carbocycles. The van der Waals surface area contributed by atoms with Crippen molar-refractivity contribution in [3.8, 4) is 34.0 Å². The summed E-state index contributed by atoms with van der Waals surface area (Å²) < 4.78 is 0. The first-order valence-corrected chi connectivity index (χ1v) is 5.87. The lowest BCUT2D eigenvalue weighted by Crippen LogP contribution is -1.78. The molecule has 0 unspecified atom stereocenters. The number of aromatic hydroxyl groups is 2. The number of nitrogens with one attached hydrogen (secondary N) is 1. The Morgan fingerprint density at radius 3 is 2.37 bits per heavy atom. The Morgan fingerprint density at radius 2 is 1.63 bits per heavy atom. The lowest BCUT2D eigenvalue weighted by atomic mass is 10.1. The zero-order valence-electron chi connectivity index (χ0n) is 10.0. The fraction of sp³-hybridized carbons (Fsp3) is 0. The molecule has 19 heavy (non-hydrogen) atoms. The van der Waals surface area contributed by atoms with Gasteiger partial charge in [-0.15, -0.1) is 0 Å². The van der Waals surface area contributed by atoms with Crippen LogP contribution in [0.5, 0.6) is 11.5 Å². The second-order valence-corrected chi connectivity index (χ2v) is 4.23. The Morgan fingerprint density at radius 1 is 0.895 bits per heavy atom. The Bertz CT molecular complexity index is 702. The van der Waals surface area contributed by atoms with Crippen LogP contribution in [0.25, 0.3) is 22.5 Å². The first kappa shape index (κ1) is 11.3. The summed E-state index contributed by atoms with van der Waals surface area (Å²) in [5.41, 5.74) is 3.12. The number of aromatic amines is 1. The summed E-state index contributed by atoms with van der Waals surface area (Å²) in [5.74, 6) is 0.434. The number of aromatic nitrogens is 2. The van der Waals surface area contributed by atoms with Crippen molar-refractivity contribution in [2.75, 3.05) is 0 Å². The largest absolute Gasteiger partial charge is 0.508 e. The van der Waals surface area contributed by atoms with Crippen molar-refractivity contribution in [2.24, 2.45) is 0 Å². The van der Waals surface area contributed by atoms with Gasteiger partial charge in [0.25, 0.3) is 0 Å². The van der Waals surface area contributed by atoms with E-state index in [1.54, 1.807) is 36.4 Å². The van der Waals surface area contributed by atoms with Crippen LogP contribution in [0.2, 0.25) is 0 Å². The fourth-order valence-electron chi connectivity index (χ4n) is 1.94. The monoisotopic (exact) mass is 252 g/mol.